The quantitative estimate of drug-likeness (QED) is 0.308. The van der Waals surface area contributed by atoms with E-state index in [-0.39, 0.29) is 0 Å². The summed E-state index contributed by atoms with van der Waals surface area (Å²) in [5.41, 5.74) is 4.61. The number of hydrogen-bond donors (Lipinski definition) is 1. The predicted octanol–water partition coefficient (Wildman–Crippen LogP) is 9.22. The van der Waals surface area contributed by atoms with Gasteiger partial charge in [0.05, 0.1) is 0 Å². The van der Waals surface area contributed by atoms with E-state index in [1.165, 1.54) is 118 Å². The van der Waals surface area contributed by atoms with Crippen LogP contribution in [0.5, 0.6) is 0 Å². The summed E-state index contributed by atoms with van der Waals surface area (Å²) in [6.07, 6.45) is 25.7. The first-order valence-corrected chi connectivity index (χ1v) is 12.6. The molecule has 0 unspecified atom stereocenters. The number of hydrogen-bond acceptors (Lipinski definition) is 0. The van der Waals surface area contributed by atoms with Crippen LogP contribution in [0.15, 0.2) is 30.3 Å². The lowest BCUT2D eigenvalue weighted by Crippen LogP contribution is -2.24. The van der Waals surface area contributed by atoms with Crippen molar-refractivity contribution >= 4 is 17.0 Å². The van der Waals surface area contributed by atoms with Crippen LogP contribution >= 0.6 is 0 Å². The van der Waals surface area contributed by atoms with E-state index in [2.05, 4.69) is 55.2 Å². The Bertz CT molecular complexity index is 735. The van der Waals surface area contributed by atoms with Crippen LogP contribution in [0.4, 0.5) is 0 Å². The average molecular weight is 394 g/mol. The van der Waals surface area contributed by atoms with Gasteiger partial charge in [-0.2, -0.15) is 0 Å². The molecule has 2 aromatic rings. The van der Waals surface area contributed by atoms with Crippen molar-refractivity contribution in [3.8, 4) is 0 Å². The number of aromatic amines is 1. The maximum Gasteiger partial charge on any atom is 0.0462 e. The minimum absolute atomic E-state index is 0.378. The molecule has 1 aromatic heterocycles. The van der Waals surface area contributed by atoms with Gasteiger partial charge in [0, 0.05) is 22.2 Å². The molecule has 0 radical (unpaired) electrons. The first-order valence-electron chi connectivity index (χ1n) is 12.6. The van der Waals surface area contributed by atoms with Gasteiger partial charge in [0.2, 0.25) is 0 Å². The van der Waals surface area contributed by atoms with Gasteiger partial charge >= 0.3 is 0 Å². The highest BCUT2D eigenvalue weighted by Gasteiger charge is 2.31. The normalized spacial score (nSPS) is 15.1. The first-order chi connectivity index (χ1) is 14.3. The molecule has 1 aliphatic rings. The van der Waals surface area contributed by atoms with Gasteiger partial charge in [0.15, 0.2) is 0 Å². The smallest absolute Gasteiger partial charge is 0.0462 e. The molecule has 0 saturated carbocycles. The zero-order valence-corrected chi connectivity index (χ0v) is 19.1. The molecular weight excluding hydrogens is 350 g/mol. The SMILES string of the molecule is CCCCCCCCC1(CCCCCCCC)C=Cc2c([nH]c3ccccc23)C1. The fourth-order valence-corrected chi connectivity index (χ4v) is 5.20. The maximum atomic E-state index is 3.76. The number of para-hydroxylation sites is 1. The van der Waals surface area contributed by atoms with E-state index in [1.807, 2.05) is 0 Å². The van der Waals surface area contributed by atoms with Crippen LogP contribution in [-0.2, 0) is 6.42 Å². The Kier molecular flexibility index (Phi) is 8.90. The van der Waals surface area contributed by atoms with E-state index in [0.717, 1.165) is 0 Å². The molecule has 0 atom stereocenters. The van der Waals surface area contributed by atoms with Crippen LogP contribution in [0.25, 0.3) is 17.0 Å². The molecule has 0 saturated heterocycles. The maximum absolute atomic E-state index is 3.76. The molecule has 160 valence electrons. The van der Waals surface area contributed by atoms with Crippen LogP contribution < -0.4 is 0 Å². The Hall–Kier alpha value is -1.50. The highest BCUT2D eigenvalue weighted by molar-refractivity contribution is 5.91. The van der Waals surface area contributed by atoms with E-state index < -0.39 is 0 Å². The molecule has 1 aliphatic carbocycles. The molecule has 0 aliphatic heterocycles. The summed E-state index contributed by atoms with van der Waals surface area (Å²) in [4.78, 5) is 3.76. The van der Waals surface area contributed by atoms with E-state index in [1.54, 1.807) is 0 Å². The Labute approximate surface area is 179 Å². The van der Waals surface area contributed by atoms with E-state index >= 15 is 0 Å². The number of rotatable bonds is 14. The molecule has 0 spiro atoms. The molecule has 0 amide bonds. The third-order valence-electron chi connectivity index (χ3n) is 7.02. The van der Waals surface area contributed by atoms with Crippen molar-refractivity contribution in [2.24, 2.45) is 5.41 Å². The van der Waals surface area contributed by atoms with Crippen molar-refractivity contribution in [2.75, 3.05) is 0 Å². The number of fused-ring (bicyclic) bond motifs is 3. The second-order valence-electron chi connectivity index (χ2n) is 9.47. The summed E-state index contributed by atoms with van der Waals surface area (Å²) in [5, 5.41) is 1.39. The van der Waals surface area contributed by atoms with Crippen molar-refractivity contribution < 1.29 is 0 Å². The van der Waals surface area contributed by atoms with Gasteiger partial charge in [-0.15, -0.1) is 0 Å². The van der Waals surface area contributed by atoms with E-state index in [4.69, 9.17) is 0 Å². The summed E-state index contributed by atoms with van der Waals surface area (Å²) < 4.78 is 0. The van der Waals surface area contributed by atoms with Crippen molar-refractivity contribution in [2.45, 2.75) is 110 Å². The van der Waals surface area contributed by atoms with Gasteiger partial charge in [-0.25, -0.2) is 0 Å². The Morgan fingerprint density at radius 2 is 1.34 bits per heavy atom. The predicted molar refractivity (Wildman–Crippen MR) is 129 cm³/mol. The van der Waals surface area contributed by atoms with Crippen LogP contribution in [0.2, 0.25) is 0 Å². The van der Waals surface area contributed by atoms with Crippen LogP contribution in [0.1, 0.15) is 115 Å². The molecule has 1 heteroatoms. The summed E-state index contributed by atoms with van der Waals surface area (Å²) in [7, 11) is 0. The molecular formula is C28H43N. The number of benzene rings is 1. The first kappa shape index (κ1) is 22.2. The molecule has 1 N–H and O–H groups in total. The molecule has 0 fully saturated rings. The van der Waals surface area contributed by atoms with Crippen LogP contribution in [-0.4, -0.2) is 4.98 Å². The van der Waals surface area contributed by atoms with Gasteiger partial charge in [-0.3, -0.25) is 0 Å². The van der Waals surface area contributed by atoms with Crippen molar-refractivity contribution in [3.05, 3.63) is 41.6 Å². The molecule has 29 heavy (non-hydrogen) atoms. The minimum atomic E-state index is 0.378. The lowest BCUT2D eigenvalue weighted by Gasteiger charge is -2.34. The molecule has 1 nitrogen and oxygen atoms in total. The van der Waals surface area contributed by atoms with Gasteiger partial charge < -0.3 is 4.98 Å². The molecule has 1 aromatic carbocycles. The summed E-state index contributed by atoms with van der Waals surface area (Å²) in [6.45, 7) is 4.61. The number of nitrogens with one attached hydrogen (secondary N) is 1. The second-order valence-corrected chi connectivity index (χ2v) is 9.47. The number of H-pyrrole nitrogens is 1. The van der Waals surface area contributed by atoms with Crippen LogP contribution in [0, 0.1) is 5.41 Å². The second kappa shape index (κ2) is 11.6. The fraction of sp³-hybridized carbons (Fsp3) is 0.643. The van der Waals surface area contributed by atoms with Gasteiger partial charge in [-0.1, -0.05) is 121 Å². The Balaban J connectivity index is 1.62. The van der Waals surface area contributed by atoms with Crippen LogP contribution in [0.3, 0.4) is 0 Å². The monoisotopic (exact) mass is 393 g/mol. The summed E-state index contributed by atoms with van der Waals surface area (Å²) in [6, 6.07) is 8.81. The molecule has 0 bridgehead atoms. The van der Waals surface area contributed by atoms with Gasteiger partial charge in [0.1, 0.15) is 0 Å². The molecule has 3 rings (SSSR count). The topological polar surface area (TPSA) is 15.8 Å². The average Bonchev–Trinajstić information content (AvgIpc) is 3.10. The molecule has 1 heterocycles. The minimum Gasteiger partial charge on any atom is -0.358 e. The summed E-state index contributed by atoms with van der Waals surface area (Å²) >= 11 is 0. The fourth-order valence-electron chi connectivity index (χ4n) is 5.20. The van der Waals surface area contributed by atoms with Gasteiger partial charge in [0.25, 0.3) is 0 Å². The lowest BCUT2D eigenvalue weighted by molar-refractivity contribution is 0.290. The van der Waals surface area contributed by atoms with E-state index in [0.29, 0.717) is 5.41 Å². The zero-order chi connectivity index (χ0) is 20.4. The third-order valence-corrected chi connectivity index (χ3v) is 7.02. The van der Waals surface area contributed by atoms with Crippen molar-refractivity contribution in [1.29, 1.82) is 0 Å². The van der Waals surface area contributed by atoms with Crippen molar-refractivity contribution in [3.63, 3.8) is 0 Å². The zero-order valence-electron chi connectivity index (χ0n) is 19.1. The Morgan fingerprint density at radius 3 is 2.00 bits per heavy atom. The Morgan fingerprint density at radius 1 is 0.759 bits per heavy atom. The third kappa shape index (κ3) is 6.24. The van der Waals surface area contributed by atoms with E-state index in [9.17, 15) is 0 Å². The number of allylic oxidation sites excluding steroid dienone is 1. The highest BCUT2D eigenvalue weighted by atomic mass is 14.7. The number of aromatic nitrogens is 1. The lowest BCUT2D eigenvalue weighted by atomic mass is 9.71. The summed E-state index contributed by atoms with van der Waals surface area (Å²) in [5.74, 6) is 0. The largest absolute Gasteiger partial charge is 0.358 e. The van der Waals surface area contributed by atoms with Gasteiger partial charge in [-0.05, 0) is 30.7 Å². The number of unbranched alkanes of at least 4 members (excludes halogenated alkanes) is 10. The standard InChI is InChI=1S/C28H43N/c1-3-5-7-9-11-15-20-28(21-16-12-10-8-6-4-2)22-19-25-24-17-13-14-18-26(24)29-27(25)23-28/h13-14,17-19,22,29H,3-12,15-16,20-21,23H2,1-2H3. The van der Waals surface area contributed by atoms with Crippen molar-refractivity contribution in [1.82, 2.24) is 4.98 Å². The highest BCUT2D eigenvalue weighted by Crippen LogP contribution is 2.43.